The molecule has 18 heavy (non-hydrogen) atoms. The zero-order valence-corrected chi connectivity index (χ0v) is 10.6. The van der Waals surface area contributed by atoms with E-state index in [1.54, 1.807) is 13.8 Å². The van der Waals surface area contributed by atoms with E-state index in [9.17, 15) is 19.2 Å². The maximum absolute atomic E-state index is 11.7. The lowest BCUT2D eigenvalue weighted by Gasteiger charge is -2.28. The van der Waals surface area contributed by atoms with Crippen LogP contribution in [0.4, 0.5) is 4.79 Å². The van der Waals surface area contributed by atoms with Crippen molar-refractivity contribution in [1.29, 1.82) is 0 Å². The average Bonchev–Trinajstić information content (AvgIpc) is 2.28. The molecule has 6 nitrogen and oxygen atoms in total. The van der Waals surface area contributed by atoms with Crippen LogP contribution in [0.2, 0.25) is 0 Å². The summed E-state index contributed by atoms with van der Waals surface area (Å²) in [5.41, 5.74) is 0. The third kappa shape index (κ3) is 3.15. The summed E-state index contributed by atoms with van der Waals surface area (Å²) in [4.78, 5) is 47.6. The number of Topliss-reactive ketones (excluding diaryl/α,β-unsaturated/α-hetero) is 3. The number of likely N-dealkylation sites (tertiary alicyclic amines) is 1. The predicted molar refractivity (Wildman–Crippen MR) is 62.0 cm³/mol. The molecule has 1 aliphatic heterocycles. The minimum Gasteiger partial charge on any atom is -0.450 e. The minimum absolute atomic E-state index is 0.176. The van der Waals surface area contributed by atoms with E-state index in [4.69, 9.17) is 4.74 Å². The molecule has 0 atom stereocenters. The summed E-state index contributed by atoms with van der Waals surface area (Å²) in [5.74, 6) is -2.57. The van der Waals surface area contributed by atoms with Crippen molar-refractivity contribution in [3.05, 3.63) is 0 Å². The Hall–Kier alpha value is -1.72. The van der Waals surface area contributed by atoms with Crippen LogP contribution < -0.4 is 0 Å². The molecule has 0 radical (unpaired) electrons. The van der Waals surface area contributed by atoms with E-state index < -0.39 is 23.6 Å². The van der Waals surface area contributed by atoms with Crippen LogP contribution in [-0.2, 0) is 19.1 Å². The molecular weight excluding hydrogens is 238 g/mol. The van der Waals surface area contributed by atoms with Gasteiger partial charge in [-0.1, -0.05) is 6.92 Å². The van der Waals surface area contributed by atoms with Gasteiger partial charge < -0.3 is 4.74 Å². The number of hydrogen-bond donors (Lipinski definition) is 0. The zero-order chi connectivity index (χ0) is 13.7. The molecule has 6 heteroatoms. The summed E-state index contributed by atoms with van der Waals surface area (Å²) in [6.07, 6.45) is 0.111. The molecule has 0 bridgehead atoms. The zero-order valence-electron chi connectivity index (χ0n) is 10.6. The molecule has 1 amide bonds. The second kappa shape index (κ2) is 6.28. The quantitative estimate of drug-likeness (QED) is 0.686. The fraction of sp³-hybridized carbons (Fsp3) is 0.667. The molecule has 0 aromatic carbocycles. The van der Waals surface area contributed by atoms with Crippen molar-refractivity contribution in [3.63, 3.8) is 0 Å². The number of amides is 1. The van der Waals surface area contributed by atoms with Crippen LogP contribution in [0.3, 0.4) is 0 Å². The lowest BCUT2D eigenvalue weighted by atomic mass is 9.88. The van der Waals surface area contributed by atoms with Gasteiger partial charge in [0.2, 0.25) is 0 Å². The van der Waals surface area contributed by atoms with E-state index in [0.29, 0.717) is 6.42 Å². The first-order valence-electron chi connectivity index (χ1n) is 6.01. The van der Waals surface area contributed by atoms with Gasteiger partial charge in [-0.2, -0.15) is 0 Å². The van der Waals surface area contributed by atoms with Gasteiger partial charge in [0.1, 0.15) is 5.92 Å². The first-order valence-corrected chi connectivity index (χ1v) is 6.01. The number of hydrogen-bond acceptors (Lipinski definition) is 5. The number of ketones is 3. The van der Waals surface area contributed by atoms with Gasteiger partial charge in [-0.15, -0.1) is 0 Å². The average molecular weight is 255 g/mol. The van der Waals surface area contributed by atoms with E-state index in [1.165, 1.54) is 0 Å². The molecule has 1 fully saturated rings. The van der Waals surface area contributed by atoms with E-state index in [0.717, 1.165) is 4.90 Å². The van der Waals surface area contributed by atoms with Crippen LogP contribution in [0.15, 0.2) is 0 Å². The molecular formula is C12H17NO5. The number of carbonyl (C=O) groups is 4. The van der Waals surface area contributed by atoms with E-state index in [1.807, 2.05) is 0 Å². The molecule has 0 saturated carbocycles. The van der Waals surface area contributed by atoms with Crippen molar-refractivity contribution >= 4 is 23.4 Å². The number of carbonyl (C=O) groups excluding carboxylic acids is 4. The third-order valence-electron chi connectivity index (χ3n) is 2.68. The summed E-state index contributed by atoms with van der Waals surface area (Å²) >= 11 is 0. The van der Waals surface area contributed by atoms with Crippen molar-refractivity contribution in [2.45, 2.75) is 26.7 Å². The Kier molecular flexibility index (Phi) is 5.00. The summed E-state index contributed by atoms with van der Waals surface area (Å²) in [6, 6.07) is 0. The number of nitrogens with zero attached hydrogens (tertiary/aromatic N) is 1. The van der Waals surface area contributed by atoms with E-state index in [-0.39, 0.29) is 31.9 Å². The third-order valence-corrected chi connectivity index (χ3v) is 2.68. The maximum Gasteiger partial charge on any atom is 0.410 e. The molecule has 100 valence electrons. The Labute approximate surface area is 105 Å². The van der Waals surface area contributed by atoms with Gasteiger partial charge in [0.25, 0.3) is 0 Å². The van der Waals surface area contributed by atoms with Crippen molar-refractivity contribution in [2.24, 2.45) is 5.92 Å². The molecule has 0 aromatic heterocycles. The van der Waals surface area contributed by atoms with Gasteiger partial charge in [-0.3, -0.25) is 19.3 Å². The highest BCUT2D eigenvalue weighted by Gasteiger charge is 2.40. The van der Waals surface area contributed by atoms with Crippen LogP contribution in [0.5, 0.6) is 0 Å². The van der Waals surface area contributed by atoms with Gasteiger partial charge in [0.15, 0.2) is 17.3 Å². The lowest BCUT2D eigenvalue weighted by molar-refractivity contribution is -0.144. The molecule has 1 rings (SSSR count). The fourth-order valence-electron chi connectivity index (χ4n) is 1.89. The summed E-state index contributed by atoms with van der Waals surface area (Å²) < 4.78 is 4.72. The van der Waals surface area contributed by atoms with Crippen LogP contribution >= 0.6 is 0 Å². The number of piperidine rings is 1. The normalized spacial score (nSPS) is 16.9. The Balaban J connectivity index is 2.71. The highest BCUT2D eigenvalue weighted by atomic mass is 16.6. The first kappa shape index (κ1) is 14.3. The first-order chi connectivity index (χ1) is 8.51. The molecule has 1 aliphatic rings. The molecule has 0 aromatic rings. The number of ether oxygens (including phenoxy) is 1. The van der Waals surface area contributed by atoms with Crippen molar-refractivity contribution in [2.75, 3.05) is 19.7 Å². The molecule has 1 heterocycles. The lowest BCUT2D eigenvalue weighted by Crippen LogP contribution is -2.52. The van der Waals surface area contributed by atoms with Gasteiger partial charge in [0.05, 0.1) is 19.7 Å². The summed E-state index contributed by atoms with van der Waals surface area (Å²) in [5, 5.41) is 0. The van der Waals surface area contributed by atoms with Crippen molar-refractivity contribution in [3.8, 4) is 0 Å². The van der Waals surface area contributed by atoms with Crippen LogP contribution in [-0.4, -0.2) is 48.0 Å². The van der Waals surface area contributed by atoms with Gasteiger partial charge in [-0.05, 0) is 13.3 Å². The van der Waals surface area contributed by atoms with Gasteiger partial charge >= 0.3 is 6.09 Å². The van der Waals surface area contributed by atoms with Gasteiger partial charge in [-0.25, -0.2) is 4.79 Å². The summed E-state index contributed by atoms with van der Waals surface area (Å²) in [7, 11) is 0. The molecule has 1 saturated heterocycles. The standard InChI is InChI=1S/C12H17NO5/c1-3-5-8(14)11-9(15)6-13(7-10(11)16)12(17)18-4-2/h11H,3-7H2,1-2H3. The largest absolute Gasteiger partial charge is 0.450 e. The number of rotatable bonds is 4. The SMILES string of the molecule is CCCC(=O)C1C(=O)CN(C(=O)OCC)CC1=O. The van der Waals surface area contributed by atoms with Crippen molar-refractivity contribution < 1.29 is 23.9 Å². The molecule has 0 unspecified atom stereocenters. The Bertz CT molecular complexity index is 359. The van der Waals surface area contributed by atoms with E-state index in [2.05, 4.69) is 0 Å². The highest BCUT2D eigenvalue weighted by Crippen LogP contribution is 2.15. The highest BCUT2D eigenvalue weighted by molar-refractivity contribution is 6.22. The molecule has 0 N–H and O–H groups in total. The van der Waals surface area contributed by atoms with Crippen LogP contribution in [0, 0.1) is 5.92 Å². The summed E-state index contributed by atoms with van der Waals surface area (Å²) in [6.45, 7) is 3.16. The van der Waals surface area contributed by atoms with Crippen LogP contribution in [0.25, 0.3) is 0 Å². The maximum atomic E-state index is 11.7. The second-order valence-corrected chi connectivity index (χ2v) is 4.14. The Morgan fingerprint density at radius 1 is 1.22 bits per heavy atom. The monoisotopic (exact) mass is 255 g/mol. The smallest absolute Gasteiger partial charge is 0.410 e. The molecule has 0 spiro atoms. The van der Waals surface area contributed by atoms with E-state index >= 15 is 0 Å². The predicted octanol–water partition coefficient (Wildman–Crippen LogP) is 0.582. The topological polar surface area (TPSA) is 80.8 Å². The molecule has 0 aliphatic carbocycles. The van der Waals surface area contributed by atoms with Gasteiger partial charge in [0, 0.05) is 6.42 Å². The Morgan fingerprint density at radius 2 is 1.78 bits per heavy atom. The van der Waals surface area contributed by atoms with Crippen molar-refractivity contribution in [1.82, 2.24) is 4.90 Å². The fourth-order valence-corrected chi connectivity index (χ4v) is 1.89. The Morgan fingerprint density at radius 3 is 2.22 bits per heavy atom. The second-order valence-electron chi connectivity index (χ2n) is 4.14. The van der Waals surface area contributed by atoms with Crippen LogP contribution in [0.1, 0.15) is 26.7 Å². The minimum atomic E-state index is -1.18.